The Morgan fingerprint density at radius 3 is 2.71 bits per heavy atom. The van der Waals surface area contributed by atoms with Crippen molar-refractivity contribution in [3.05, 3.63) is 41.2 Å². The van der Waals surface area contributed by atoms with Gasteiger partial charge < -0.3 is 5.73 Å². The summed E-state index contributed by atoms with van der Waals surface area (Å²) < 4.78 is 2.22. The molecule has 0 unspecified atom stereocenters. The van der Waals surface area contributed by atoms with Crippen molar-refractivity contribution in [2.24, 2.45) is 5.73 Å². The molecule has 0 bridgehead atoms. The van der Waals surface area contributed by atoms with Crippen LogP contribution in [0.25, 0.3) is 16.3 Å². The predicted molar refractivity (Wildman–Crippen MR) is 87.8 cm³/mol. The molecule has 3 aromatic rings. The van der Waals surface area contributed by atoms with Crippen molar-refractivity contribution in [3.63, 3.8) is 0 Å². The van der Waals surface area contributed by atoms with E-state index in [1.165, 1.54) is 5.69 Å². The van der Waals surface area contributed by atoms with Crippen LogP contribution in [0.5, 0.6) is 0 Å². The van der Waals surface area contributed by atoms with E-state index in [1.807, 2.05) is 24.4 Å². The fourth-order valence-corrected chi connectivity index (χ4v) is 3.48. The highest BCUT2D eigenvalue weighted by Gasteiger charge is 2.25. The molecular formula is C16H20N4S. The highest BCUT2D eigenvalue weighted by atomic mass is 32.1. The zero-order valence-corrected chi connectivity index (χ0v) is 13.4. The van der Waals surface area contributed by atoms with Crippen LogP contribution in [-0.2, 0) is 11.8 Å². The molecule has 0 aliphatic heterocycles. The van der Waals surface area contributed by atoms with E-state index in [-0.39, 0.29) is 5.41 Å². The van der Waals surface area contributed by atoms with Crippen molar-refractivity contribution in [1.82, 2.24) is 14.4 Å². The third kappa shape index (κ3) is 2.47. The number of imidazole rings is 1. The van der Waals surface area contributed by atoms with E-state index < -0.39 is 0 Å². The first kappa shape index (κ1) is 14.2. The minimum atomic E-state index is 0.0115. The summed E-state index contributed by atoms with van der Waals surface area (Å²) in [5.74, 6) is 0. The summed E-state index contributed by atoms with van der Waals surface area (Å²) in [5.41, 5.74) is 10.3. The third-order valence-electron chi connectivity index (χ3n) is 3.48. The quantitative estimate of drug-likeness (QED) is 0.807. The second kappa shape index (κ2) is 5.24. The molecule has 0 fully saturated rings. The Hall–Kier alpha value is -1.72. The molecular weight excluding hydrogens is 280 g/mol. The van der Waals surface area contributed by atoms with Gasteiger partial charge in [-0.1, -0.05) is 26.8 Å². The van der Waals surface area contributed by atoms with Gasteiger partial charge in [0.25, 0.3) is 0 Å². The average molecular weight is 300 g/mol. The van der Waals surface area contributed by atoms with E-state index in [1.54, 1.807) is 11.3 Å². The average Bonchev–Trinajstić information content (AvgIpc) is 3.00. The standard InChI is InChI=1S/C16H20N4S/c1-16(2,3)14-12(7-8-17)20-13(10-21-15(20)19-14)11-6-4-5-9-18-11/h4-6,9-10H,7-8,17H2,1-3H3. The number of hydrogen-bond acceptors (Lipinski definition) is 4. The molecule has 0 saturated carbocycles. The number of hydrogen-bond donors (Lipinski definition) is 1. The summed E-state index contributed by atoms with van der Waals surface area (Å²) in [7, 11) is 0. The molecule has 3 rings (SSSR count). The topological polar surface area (TPSA) is 56.2 Å². The Morgan fingerprint density at radius 2 is 2.10 bits per heavy atom. The molecule has 21 heavy (non-hydrogen) atoms. The lowest BCUT2D eigenvalue weighted by molar-refractivity contribution is 0.564. The summed E-state index contributed by atoms with van der Waals surface area (Å²) >= 11 is 1.66. The van der Waals surface area contributed by atoms with Gasteiger partial charge in [-0.05, 0) is 18.7 Å². The normalized spacial score (nSPS) is 12.2. The van der Waals surface area contributed by atoms with Gasteiger partial charge in [-0.3, -0.25) is 9.38 Å². The molecule has 5 heteroatoms. The Balaban J connectivity index is 2.27. The van der Waals surface area contributed by atoms with Gasteiger partial charge in [0.1, 0.15) is 0 Å². The first-order valence-electron chi connectivity index (χ1n) is 7.13. The second-order valence-corrected chi connectivity index (χ2v) is 6.99. The second-order valence-electron chi connectivity index (χ2n) is 6.15. The number of pyridine rings is 1. The lowest BCUT2D eigenvalue weighted by Crippen LogP contribution is -2.17. The lowest BCUT2D eigenvalue weighted by Gasteiger charge is -2.18. The van der Waals surface area contributed by atoms with Gasteiger partial charge >= 0.3 is 0 Å². The SMILES string of the molecule is CC(C)(C)c1nc2scc(-c3ccccn3)n2c1CCN. The number of aromatic nitrogens is 3. The molecule has 0 aliphatic carbocycles. The van der Waals surface area contributed by atoms with E-state index in [4.69, 9.17) is 10.7 Å². The van der Waals surface area contributed by atoms with Crippen LogP contribution >= 0.6 is 11.3 Å². The lowest BCUT2D eigenvalue weighted by atomic mass is 9.90. The van der Waals surface area contributed by atoms with Crippen molar-refractivity contribution < 1.29 is 0 Å². The van der Waals surface area contributed by atoms with Crippen molar-refractivity contribution in [2.45, 2.75) is 32.6 Å². The number of fused-ring (bicyclic) bond motifs is 1. The number of thiazole rings is 1. The van der Waals surface area contributed by atoms with Crippen LogP contribution in [0.3, 0.4) is 0 Å². The molecule has 0 spiro atoms. The van der Waals surface area contributed by atoms with Gasteiger partial charge in [0, 0.05) is 29.1 Å². The molecule has 0 saturated heterocycles. The van der Waals surface area contributed by atoms with E-state index in [9.17, 15) is 0 Å². The fourth-order valence-electron chi connectivity index (χ4n) is 2.58. The van der Waals surface area contributed by atoms with E-state index in [0.717, 1.165) is 28.5 Å². The zero-order valence-electron chi connectivity index (χ0n) is 12.6. The summed E-state index contributed by atoms with van der Waals surface area (Å²) in [4.78, 5) is 10.3. The third-order valence-corrected chi connectivity index (χ3v) is 4.30. The Kier molecular flexibility index (Phi) is 3.55. The van der Waals surface area contributed by atoms with E-state index >= 15 is 0 Å². The maximum absolute atomic E-state index is 5.83. The van der Waals surface area contributed by atoms with Crippen LogP contribution in [-0.4, -0.2) is 20.9 Å². The highest BCUT2D eigenvalue weighted by Crippen LogP contribution is 2.32. The first-order valence-corrected chi connectivity index (χ1v) is 8.01. The van der Waals surface area contributed by atoms with Crippen LogP contribution in [0.2, 0.25) is 0 Å². The Bertz CT molecular complexity index is 750. The molecule has 0 aromatic carbocycles. The van der Waals surface area contributed by atoms with Crippen LogP contribution < -0.4 is 5.73 Å². The van der Waals surface area contributed by atoms with Crippen molar-refractivity contribution in [2.75, 3.05) is 6.54 Å². The smallest absolute Gasteiger partial charge is 0.194 e. The first-order chi connectivity index (χ1) is 10.0. The Labute approximate surface area is 128 Å². The van der Waals surface area contributed by atoms with Gasteiger partial charge in [-0.25, -0.2) is 4.98 Å². The maximum Gasteiger partial charge on any atom is 0.194 e. The summed E-state index contributed by atoms with van der Waals surface area (Å²) in [6.45, 7) is 7.20. The number of rotatable bonds is 3. The van der Waals surface area contributed by atoms with Crippen LogP contribution in [0, 0.1) is 0 Å². The van der Waals surface area contributed by atoms with Gasteiger partial charge in [0.2, 0.25) is 0 Å². The van der Waals surface area contributed by atoms with Gasteiger partial charge in [-0.2, -0.15) is 0 Å². The molecule has 4 nitrogen and oxygen atoms in total. The molecule has 0 atom stereocenters. The largest absolute Gasteiger partial charge is 0.330 e. The molecule has 3 heterocycles. The number of nitrogens with zero attached hydrogens (tertiary/aromatic N) is 3. The maximum atomic E-state index is 5.83. The monoisotopic (exact) mass is 300 g/mol. The molecule has 3 aromatic heterocycles. The molecule has 0 radical (unpaired) electrons. The fraction of sp³-hybridized carbons (Fsp3) is 0.375. The molecule has 0 amide bonds. The van der Waals surface area contributed by atoms with Crippen molar-refractivity contribution in [1.29, 1.82) is 0 Å². The minimum absolute atomic E-state index is 0.0115. The van der Waals surface area contributed by atoms with Crippen LogP contribution in [0.1, 0.15) is 32.2 Å². The van der Waals surface area contributed by atoms with Crippen LogP contribution in [0.15, 0.2) is 29.8 Å². The van der Waals surface area contributed by atoms with Gasteiger partial charge in [0.05, 0.1) is 17.1 Å². The number of nitrogens with two attached hydrogens (primary N) is 1. The van der Waals surface area contributed by atoms with Gasteiger partial charge in [-0.15, -0.1) is 11.3 Å². The zero-order chi connectivity index (χ0) is 15.0. The molecule has 2 N–H and O–H groups in total. The summed E-state index contributed by atoms with van der Waals surface area (Å²) in [6.07, 6.45) is 2.65. The molecule has 110 valence electrons. The van der Waals surface area contributed by atoms with Gasteiger partial charge in [0.15, 0.2) is 4.96 Å². The van der Waals surface area contributed by atoms with Crippen molar-refractivity contribution >= 4 is 16.3 Å². The molecule has 0 aliphatic rings. The summed E-state index contributed by atoms with van der Waals surface area (Å²) in [5, 5.41) is 2.12. The van der Waals surface area contributed by atoms with E-state index in [2.05, 4.69) is 35.5 Å². The van der Waals surface area contributed by atoms with E-state index in [0.29, 0.717) is 6.54 Å². The summed E-state index contributed by atoms with van der Waals surface area (Å²) in [6, 6.07) is 5.98. The predicted octanol–water partition coefficient (Wildman–Crippen LogP) is 3.26. The Morgan fingerprint density at radius 1 is 1.29 bits per heavy atom. The van der Waals surface area contributed by atoms with Crippen molar-refractivity contribution in [3.8, 4) is 11.4 Å². The van der Waals surface area contributed by atoms with Crippen LogP contribution in [0.4, 0.5) is 0 Å². The highest BCUT2D eigenvalue weighted by molar-refractivity contribution is 7.15. The minimum Gasteiger partial charge on any atom is -0.330 e.